The second-order valence-electron chi connectivity index (χ2n) is 4.90. The van der Waals surface area contributed by atoms with Gasteiger partial charge in [0.15, 0.2) is 5.84 Å². The Morgan fingerprint density at radius 1 is 1.23 bits per heavy atom. The molecule has 0 radical (unpaired) electrons. The van der Waals surface area contributed by atoms with Gasteiger partial charge in [0.2, 0.25) is 5.91 Å². The fraction of sp³-hybridized carbons (Fsp3) is 0.429. The maximum atomic E-state index is 12.0. The minimum Gasteiger partial charge on any atom is -0.343 e. The van der Waals surface area contributed by atoms with Crippen LogP contribution < -0.4 is 5.84 Å². The number of sulfonamides is 1. The molecule has 1 amide bonds. The number of hydrogen-bond acceptors (Lipinski definition) is 5. The van der Waals surface area contributed by atoms with E-state index in [0.29, 0.717) is 18.7 Å². The van der Waals surface area contributed by atoms with E-state index in [1.165, 1.54) is 11.1 Å². The van der Waals surface area contributed by atoms with Gasteiger partial charge in [-0.25, -0.2) is 5.84 Å². The molecule has 120 valence electrons. The van der Waals surface area contributed by atoms with E-state index < -0.39 is 10.0 Å². The van der Waals surface area contributed by atoms with Crippen molar-refractivity contribution in [3.8, 4) is 0 Å². The van der Waals surface area contributed by atoms with E-state index in [0.717, 1.165) is 0 Å². The number of carbonyl (C=O) groups is 1. The molecule has 0 aliphatic carbocycles. The van der Waals surface area contributed by atoms with Gasteiger partial charge >= 0.3 is 0 Å². The quantitative estimate of drug-likeness (QED) is 0.631. The van der Waals surface area contributed by atoms with Crippen molar-refractivity contribution in [3.05, 3.63) is 29.8 Å². The maximum absolute atomic E-state index is 12.0. The van der Waals surface area contributed by atoms with Crippen LogP contribution in [0.1, 0.15) is 25.8 Å². The summed E-state index contributed by atoms with van der Waals surface area (Å²) in [6.45, 7) is 5.30. The first kappa shape index (κ1) is 16.4. The molecule has 0 bridgehead atoms. The molecule has 0 spiro atoms. The number of benzene rings is 1. The van der Waals surface area contributed by atoms with E-state index in [1.54, 1.807) is 23.1 Å². The third kappa shape index (κ3) is 3.12. The molecule has 0 aromatic heterocycles. The van der Waals surface area contributed by atoms with Crippen molar-refractivity contribution >= 4 is 21.8 Å². The predicted molar refractivity (Wildman–Crippen MR) is 83.6 cm³/mol. The standard InChI is InChI=1S/C14H20N4O3S/c1-3-17(4-2)13(19)9-10-18(15)14-11-7-5-6-8-12(11)22(20,21)16-14/h5-8H,3-4,9-10,15H2,1-2H3. The second kappa shape index (κ2) is 6.45. The Hall–Kier alpha value is -1.93. The van der Waals surface area contributed by atoms with Crippen LogP contribution in [0.15, 0.2) is 33.6 Å². The smallest absolute Gasteiger partial charge is 0.285 e. The van der Waals surface area contributed by atoms with Crippen molar-refractivity contribution in [2.24, 2.45) is 10.2 Å². The molecule has 1 heterocycles. The number of rotatable bonds is 5. The van der Waals surface area contributed by atoms with Gasteiger partial charge in [-0.05, 0) is 26.0 Å². The molecule has 0 saturated carbocycles. The molecule has 22 heavy (non-hydrogen) atoms. The highest BCUT2D eigenvalue weighted by molar-refractivity contribution is 7.90. The highest BCUT2D eigenvalue weighted by atomic mass is 32.2. The zero-order chi connectivity index (χ0) is 16.3. The Kier molecular flexibility index (Phi) is 4.82. The fourth-order valence-electron chi connectivity index (χ4n) is 2.35. The summed E-state index contributed by atoms with van der Waals surface area (Å²) in [7, 11) is -3.69. The van der Waals surface area contributed by atoms with Gasteiger partial charge in [0.05, 0.1) is 0 Å². The van der Waals surface area contributed by atoms with Crippen LogP contribution in [0, 0.1) is 0 Å². The third-order valence-electron chi connectivity index (χ3n) is 3.57. The largest absolute Gasteiger partial charge is 0.343 e. The van der Waals surface area contributed by atoms with Crippen LogP contribution >= 0.6 is 0 Å². The van der Waals surface area contributed by atoms with Crippen molar-refractivity contribution in [1.29, 1.82) is 0 Å². The third-order valence-corrected chi connectivity index (χ3v) is 4.89. The molecule has 0 fully saturated rings. The average Bonchev–Trinajstić information content (AvgIpc) is 2.78. The van der Waals surface area contributed by atoms with E-state index in [2.05, 4.69) is 4.40 Å². The van der Waals surface area contributed by atoms with Crippen molar-refractivity contribution in [1.82, 2.24) is 9.91 Å². The first-order valence-corrected chi connectivity index (χ1v) is 8.59. The molecule has 7 nitrogen and oxygen atoms in total. The van der Waals surface area contributed by atoms with Gasteiger partial charge in [-0.3, -0.25) is 9.80 Å². The molecular formula is C14H20N4O3S. The Bertz CT molecular complexity index is 696. The summed E-state index contributed by atoms with van der Waals surface area (Å²) in [6, 6.07) is 6.52. The van der Waals surface area contributed by atoms with Crippen molar-refractivity contribution < 1.29 is 13.2 Å². The lowest BCUT2D eigenvalue weighted by Crippen LogP contribution is -2.41. The van der Waals surface area contributed by atoms with Crippen LogP contribution in [0.25, 0.3) is 0 Å². The maximum Gasteiger partial charge on any atom is 0.285 e. The van der Waals surface area contributed by atoms with Crippen molar-refractivity contribution in [3.63, 3.8) is 0 Å². The lowest BCUT2D eigenvalue weighted by atomic mass is 10.2. The highest BCUT2D eigenvalue weighted by Gasteiger charge is 2.30. The summed E-state index contributed by atoms with van der Waals surface area (Å²) >= 11 is 0. The Labute approximate surface area is 130 Å². The molecule has 0 unspecified atom stereocenters. The van der Waals surface area contributed by atoms with Crippen LogP contribution in [-0.4, -0.2) is 49.7 Å². The minimum atomic E-state index is -3.69. The molecule has 2 rings (SSSR count). The lowest BCUT2D eigenvalue weighted by Gasteiger charge is -2.22. The number of amidine groups is 1. The van der Waals surface area contributed by atoms with Gasteiger partial charge in [0, 0.05) is 31.6 Å². The SMILES string of the molecule is CCN(CC)C(=O)CCN(N)C1=NS(=O)(=O)c2ccccc21. The summed E-state index contributed by atoms with van der Waals surface area (Å²) in [5.41, 5.74) is 0.472. The number of carbonyl (C=O) groups excluding carboxylic acids is 1. The molecule has 2 N–H and O–H groups in total. The molecule has 1 aliphatic rings. The zero-order valence-electron chi connectivity index (χ0n) is 12.7. The van der Waals surface area contributed by atoms with Gasteiger partial charge in [-0.2, -0.15) is 8.42 Å². The van der Waals surface area contributed by atoms with Crippen LogP contribution in [0.3, 0.4) is 0 Å². The molecular weight excluding hydrogens is 304 g/mol. The molecule has 0 saturated heterocycles. The fourth-order valence-corrected chi connectivity index (χ4v) is 3.57. The van der Waals surface area contributed by atoms with E-state index >= 15 is 0 Å². The van der Waals surface area contributed by atoms with Gasteiger partial charge in [0.1, 0.15) is 4.90 Å². The molecule has 1 aliphatic heterocycles. The summed E-state index contributed by atoms with van der Waals surface area (Å²) < 4.78 is 27.6. The normalized spacial score (nSPS) is 15.1. The molecule has 1 aromatic rings. The summed E-state index contributed by atoms with van der Waals surface area (Å²) in [5.74, 6) is 6.08. The van der Waals surface area contributed by atoms with E-state index in [-0.39, 0.29) is 29.6 Å². The number of nitrogens with zero attached hydrogens (tertiary/aromatic N) is 3. The number of hydrogen-bond donors (Lipinski definition) is 1. The summed E-state index contributed by atoms with van der Waals surface area (Å²) in [5, 5.41) is 1.23. The average molecular weight is 324 g/mol. The van der Waals surface area contributed by atoms with Crippen LogP contribution in [0.5, 0.6) is 0 Å². The number of fused-ring (bicyclic) bond motifs is 1. The summed E-state index contributed by atoms with van der Waals surface area (Å²) in [4.78, 5) is 13.8. The summed E-state index contributed by atoms with van der Waals surface area (Å²) in [6.07, 6.45) is 0.208. The van der Waals surface area contributed by atoms with Crippen LogP contribution in [0.4, 0.5) is 0 Å². The predicted octanol–water partition coefficient (Wildman–Crippen LogP) is 0.570. The van der Waals surface area contributed by atoms with E-state index in [9.17, 15) is 13.2 Å². The van der Waals surface area contributed by atoms with Gasteiger partial charge in [-0.1, -0.05) is 12.1 Å². The Morgan fingerprint density at radius 2 is 1.86 bits per heavy atom. The topological polar surface area (TPSA) is 96.1 Å². The van der Waals surface area contributed by atoms with Crippen LogP contribution in [-0.2, 0) is 14.8 Å². The number of amides is 1. The zero-order valence-corrected chi connectivity index (χ0v) is 13.5. The first-order valence-electron chi connectivity index (χ1n) is 7.15. The van der Waals surface area contributed by atoms with E-state index in [4.69, 9.17) is 5.84 Å². The van der Waals surface area contributed by atoms with Gasteiger partial charge < -0.3 is 4.90 Å². The molecule has 1 aromatic carbocycles. The first-order chi connectivity index (χ1) is 10.4. The van der Waals surface area contributed by atoms with Crippen molar-refractivity contribution in [2.75, 3.05) is 19.6 Å². The van der Waals surface area contributed by atoms with Crippen LogP contribution in [0.2, 0.25) is 0 Å². The molecule has 0 atom stereocenters. The van der Waals surface area contributed by atoms with Gasteiger partial charge in [0.25, 0.3) is 10.0 Å². The monoisotopic (exact) mass is 324 g/mol. The number of nitrogens with two attached hydrogens (primary N) is 1. The Balaban J connectivity index is 2.12. The Morgan fingerprint density at radius 3 is 2.50 bits per heavy atom. The lowest BCUT2D eigenvalue weighted by molar-refractivity contribution is -0.130. The minimum absolute atomic E-state index is 0.0183. The van der Waals surface area contributed by atoms with E-state index in [1.807, 2.05) is 13.8 Å². The van der Waals surface area contributed by atoms with Crippen molar-refractivity contribution in [2.45, 2.75) is 25.2 Å². The molecule has 8 heteroatoms. The second-order valence-corrected chi connectivity index (χ2v) is 6.47. The van der Waals surface area contributed by atoms with Gasteiger partial charge in [-0.15, -0.1) is 4.40 Å². The number of hydrazine groups is 1. The highest BCUT2D eigenvalue weighted by Crippen LogP contribution is 2.26.